The van der Waals surface area contributed by atoms with Gasteiger partial charge in [0.25, 0.3) is 11.8 Å². The maximum atomic E-state index is 12.1. The van der Waals surface area contributed by atoms with Crippen LogP contribution in [-0.4, -0.2) is 114 Å². The van der Waals surface area contributed by atoms with Crippen molar-refractivity contribution in [3.63, 3.8) is 0 Å². The molecular formula is C104H187N3O12S3. The largest absolute Gasteiger partial charge is 0.481 e. The van der Waals surface area contributed by atoms with Gasteiger partial charge < -0.3 is 36.7 Å². The highest BCUT2D eigenvalue weighted by atomic mass is 32.2. The predicted molar refractivity (Wildman–Crippen MR) is 511 cm³/mol. The Morgan fingerprint density at radius 3 is 0.918 bits per heavy atom. The summed E-state index contributed by atoms with van der Waals surface area (Å²) >= 11 is 7.37. The fourth-order valence-electron chi connectivity index (χ4n) is 28.3. The van der Waals surface area contributed by atoms with Crippen LogP contribution >= 0.6 is 36.2 Å². The van der Waals surface area contributed by atoms with E-state index in [1.807, 2.05) is 30.4 Å². The van der Waals surface area contributed by atoms with E-state index in [0.717, 1.165) is 213 Å². The Morgan fingerprint density at radius 2 is 0.680 bits per heavy atom. The molecule has 0 aromatic carbocycles. The van der Waals surface area contributed by atoms with Crippen molar-refractivity contribution < 1.29 is 58.8 Å². The first kappa shape index (κ1) is 108. The Hall–Kier alpha value is -2.38. The van der Waals surface area contributed by atoms with Crippen LogP contribution in [0.1, 0.15) is 310 Å². The van der Waals surface area contributed by atoms with Gasteiger partial charge in [0.15, 0.2) is 0 Å². The second-order valence-electron chi connectivity index (χ2n) is 45.3. The number of nitrogens with two attached hydrogens (primary N) is 2. The summed E-state index contributed by atoms with van der Waals surface area (Å²) in [5, 5.41) is 38.7. The number of aliphatic hydroxyl groups is 1. The lowest BCUT2D eigenvalue weighted by Crippen LogP contribution is -2.60. The molecular weight excluding hydrogens is 1580 g/mol. The van der Waals surface area contributed by atoms with Crippen LogP contribution in [0.2, 0.25) is 0 Å². The number of nitrogens with zero attached hydrogens (tertiary/aromatic N) is 1. The number of thioether (sulfide) groups is 2. The zero-order valence-electron chi connectivity index (χ0n) is 82.7. The van der Waals surface area contributed by atoms with Crippen molar-refractivity contribution in [3.05, 3.63) is 0 Å². The first-order valence-corrected chi connectivity index (χ1v) is 53.3. The van der Waals surface area contributed by atoms with Crippen LogP contribution in [0, 0.1) is 254 Å². The number of hydrogen-bond donors (Lipinski definition) is 7. The highest BCUT2D eigenvalue weighted by Crippen LogP contribution is 2.70. The van der Waals surface area contributed by atoms with Crippen LogP contribution in [0.15, 0.2) is 0 Å². The van der Waals surface area contributed by atoms with Crippen LogP contribution in [0.5, 0.6) is 0 Å². The Morgan fingerprint density at radius 1 is 0.393 bits per heavy atom. The predicted octanol–water partition coefficient (Wildman–Crippen LogP) is 23.5. The number of fused-ring (bicyclic) bond motifs is 18. The van der Waals surface area contributed by atoms with Crippen LogP contribution in [0.4, 0.5) is 0 Å². The number of thiol groups is 1. The second-order valence-corrected chi connectivity index (χ2v) is 47.8. The summed E-state index contributed by atoms with van der Waals surface area (Å²) in [6, 6.07) is -1.56. The van der Waals surface area contributed by atoms with Crippen molar-refractivity contribution in [1.82, 2.24) is 5.06 Å². The summed E-state index contributed by atoms with van der Waals surface area (Å²) in [6.45, 7) is 70.5. The highest BCUT2D eigenvalue weighted by molar-refractivity contribution is 7.99. The molecule has 0 aromatic rings. The summed E-state index contributed by atoms with van der Waals surface area (Å²) in [5.74, 6) is 31.5. The van der Waals surface area contributed by atoms with Crippen molar-refractivity contribution in [3.8, 4) is 0 Å². The molecule has 15 nitrogen and oxygen atoms in total. The molecule has 1 aliphatic heterocycles. The molecule has 18 heteroatoms. The van der Waals surface area contributed by atoms with E-state index in [4.69, 9.17) is 16.6 Å². The van der Waals surface area contributed by atoms with E-state index < -0.39 is 53.7 Å². The van der Waals surface area contributed by atoms with Crippen molar-refractivity contribution >= 4 is 77.6 Å². The molecule has 36 unspecified atom stereocenters. The molecule has 1 heterocycles. The molecule has 1 saturated heterocycles. The van der Waals surface area contributed by atoms with Gasteiger partial charge in [-0.15, -0.1) is 5.06 Å². The Balaban J connectivity index is 0.000000257. The van der Waals surface area contributed by atoms with Crippen molar-refractivity contribution in [2.75, 3.05) is 35.4 Å². The minimum absolute atomic E-state index is 0.0780. The van der Waals surface area contributed by atoms with Gasteiger partial charge in [-0.3, -0.25) is 28.8 Å². The van der Waals surface area contributed by atoms with E-state index in [1.54, 1.807) is 6.92 Å². The second kappa shape index (κ2) is 49.2. The van der Waals surface area contributed by atoms with E-state index in [1.165, 1.54) is 77.0 Å². The number of carboxylic acids is 3. The Kier molecular flexibility index (Phi) is 43.7. The number of Topliss-reactive ketones (excluding diaryl/α,β-unsaturated/α-hetero) is 1. The van der Waals surface area contributed by atoms with Gasteiger partial charge in [-0.25, -0.2) is 4.79 Å². The summed E-state index contributed by atoms with van der Waals surface area (Å²) in [4.78, 5) is 82.3. The number of carbonyl (C=O) groups excluding carboxylic acids is 4. The lowest BCUT2D eigenvalue weighted by atomic mass is 9.40. The first-order valence-electron chi connectivity index (χ1n) is 50.3. The number of carboxylic acid groups (broad SMARTS) is 3. The molecule has 0 spiro atoms. The molecule has 0 aromatic heterocycles. The van der Waals surface area contributed by atoms with E-state index in [-0.39, 0.29) is 37.2 Å². The van der Waals surface area contributed by atoms with E-state index in [2.05, 4.69) is 204 Å². The summed E-state index contributed by atoms with van der Waals surface area (Å²) in [5.41, 5.74) is 10.9. The molecule has 36 atom stereocenters. The fourth-order valence-corrected chi connectivity index (χ4v) is 31.1. The lowest BCUT2D eigenvalue weighted by molar-refractivity contribution is -0.197. The van der Waals surface area contributed by atoms with Crippen LogP contribution in [0.3, 0.4) is 0 Å². The number of carbonyl (C=O) groups is 7. The number of aliphatic carboxylic acids is 3. The number of aliphatic hydroxyl groups excluding tert-OH is 1. The molecule has 0 radical (unpaired) electrons. The molecule has 10 rings (SSSR count). The molecule has 2 amide bonds. The third-order valence-electron chi connectivity index (χ3n) is 36.8. The standard InChI is InChI=1S/C35H62O3S.C31H57NO2S.C28H52O.C7H9NO4.C3H7NO2S/c1-11-24-14-27(21(7)8)31-16-30(24)33-28(22(9)19(3)4)15-29(23(10)20(5)6)34(31)32(33)18-39-17-25(35(37)38)13-26(36)12-2;1-10-21-11-22(18(6)7)26-13-25(21)29-23(19(8)16(2)3)12-24(20(9)17(4)5)30(26)27(29)14-35-15-28(32)31(33)34;1-10-20-11-21(17(6)7)25-13-24(20)27-22(18(8)15(2)3)12-23(19(9)16(4)5)28(25)26(27)14-29;1-2-7(11)12-8-5(9)3-4-6(8)10;4-2(1-7)3(5)6/h19-25,27-34H,11-18H2,1-10H3,(H,37,38);16-30H,10-15,32H2,1-9H3,(H,33,34);15-29H,10-14H2,1-9H3;2-4H2,1H3;2,7H,1,4H2,(H,5,6). The zero-order chi connectivity index (χ0) is 92.0. The molecule has 9 aliphatic carbocycles. The van der Waals surface area contributed by atoms with E-state index in [0.29, 0.717) is 76.9 Å². The van der Waals surface area contributed by atoms with Gasteiger partial charge in [-0.1, -0.05) is 220 Å². The number of amides is 2. The highest BCUT2D eigenvalue weighted by Gasteiger charge is 2.64. The van der Waals surface area contributed by atoms with E-state index >= 15 is 0 Å². The molecule has 10 aliphatic rings. The fraction of sp³-hybridized carbons (Fsp3) is 0.933. The molecule has 8 N–H and O–H groups in total. The number of hydrogen-bond acceptors (Lipinski definition) is 14. The zero-order valence-corrected chi connectivity index (χ0v) is 85.2. The molecule has 708 valence electrons. The number of hydroxylamine groups is 2. The first-order chi connectivity index (χ1) is 57.2. The monoisotopic (exact) mass is 1770 g/mol. The van der Waals surface area contributed by atoms with Crippen LogP contribution in [0.25, 0.3) is 0 Å². The topological polar surface area (TPSA) is 265 Å². The maximum absolute atomic E-state index is 12.1. The maximum Gasteiger partial charge on any atom is 0.332 e. The smallest absolute Gasteiger partial charge is 0.332 e. The van der Waals surface area contributed by atoms with Gasteiger partial charge in [0.2, 0.25) is 0 Å². The Labute approximate surface area is 760 Å². The van der Waals surface area contributed by atoms with Gasteiger partial charge >= 0.3 is 23.9 Å². The van der Waals surface area contributed by atoms with Gasteiger partial charge in [-0.2, -0.15) is 36.2 Å². The van der Waals surface area contributed by atoms with Gasteiger partial charge in [0, 0.05) is 56.0 Å². The molecule has 12 bridgehead atoms. The summed E-state index contributed by atoms with van der Waals surface area (Å²) in [6.07, 6.45) is 17.9. The van der Waals surface area contributed by atoms with Crippen molar-refractivity contribution in [2.24, 2.45) is 266 Å². The van der Waals surface area contributed by atoms with Crippen molar-refractivity contribution in [1.29, 1.82) is 0 Å². The number of imide groups is 1. The lowest BCUT2D eigenvalue weighted by Gasteiger charge is -2.65. The van der Waals surface area contributed by atoms with Gasteiger partial charge in [0.1, 0.15) is 17.9 Å². The summed E-state index contributed by atoms with van der Waals surface area (Å²) in [7, 11) is 0. The summed E-state index contributed by atoms with van der Waals surface area (Å²) < 4.78 is 0. The number of ketones is 1. The number of rotatable bonds is 36. The average molecular weight is 1770 g/mol. The third-order valence-corrected chi connectivity index (χ3v) is 39.7. The molecule has 9 saturated carbocycles. The SMILES string of the molecule is CCC(=O)CC(CSCC1C2C3CC(C(C(C)C)CC3CC)C1C(C(C)C(C)C)CC2C(C)C(C)C)C(=O)O.CCC(=O)ON1C(=O)CCC1=O.CCC1CC(C(C)C)C2CC1C1C(C(C)C(C)C)CC(C(C)C(C)C)C2C1CO.CCC1CC(C(C)C)C2CC1C1C(C(C)C(C)C)CC(C(C)C(C)C)C2C1CSCC(N)C(=O)O.NC(CS)C(=O)O. The van der Waals surface area contributed by atoms with Crippen molar-refractivity contribution in [2.45, 2.75) is 322 Å². The minimum Gasteiger partial charge on any atom is -0.481 e. The molecule has 10 fully saturated rings. The third kappa shape index (κ3) is 25.9. The van der Waals surface area contributed by atoms with Crippen LogP contribution < -0.4 is 11.5 Å². The van der Waals surface area contributed by atoms with Crippen LogP contribution in [-0.2, 0) is 38.4 Å². The quantitative estimate of drug-likeness (QED) is 0.0227. The van der Waals surface area contributed by atoms with E-state index in [9.17, 15) is 48.9 Å². The van der Waals surface area contributed by atoms with Gasteiger partial charge in [0.05, 0.1) is 5.92 Å². The average Bonchev–Trinajstić information content (AvgIpc) is 0.819. The normalized spacial score (nSPS) is 36.1. The van der Waals surface area contributed by atoms with Gasteiger partial charge in [-0.05, 0) is 318 Å². The minimum atomic E-state index is -1.00. The Bertz CT molecular complexity index is 3200. The molecule has 122 heavy (non-hydrogen) atoms.